The van der Waals surface area contributed by atoms with Crippen molar-refractivity contribution in [1.29, 1.82) is 0 Å². The Morgan fingerprint density at radius 1 is 0.917 bits per heavy atom. The summed E-state index contributed by atoms with van der Waals surface area (Å²) in [7, 11) is 1.61. The van der Waals surface area contributed by atoms with Crippen LogP contribution >= 0.6 is 0 Å². The van der Waals surface area contributed by atoms with E-state index in [2.05, 4.69) is 15.6 Å². The van der Waals surface area contributed by atoms with Gasteiger partial charge in [-0.15, -0.1) is 0 Å². The maximum atomic E-state index is 12.7. The molecule has 0 saturated heterocycles. The summed E-state index contributed by atoms with van der Waals surface area (Å²) in [5, 5.41) is 5.76. The van der Waals surface area contributed by atoms with E-state index in [4.69, 9.17) is 9.47 Å². The molecule has 36 heavy (non-hydrogen) atoms. The van der Waals surface area contributed by atoms with E-state index in [9.17, 15) is 9.59 Å². The molecule has 0 radical (unpaired) electrons. The number of benzene rings is 3. The van der Waals surface area contributed by atoms with Gasteiger partial charge in [-0.05, 0) is 54.4 Å². The van der Waals surface area contributed by atoms with E-state index in [0.29, 0.717) is 30.3 Å². The zero-order valence-electron chi connectivity index (χ0n) is 20.2. The highest BCUT2D eigenvalue weighted by molar-refractivity contribution is 6.03. The number of ether oxygens (including phenoxy) is 2. The lowest BCUT2D eigenvalue weighted by molar-refractivity contribution is -0.115. The molecule has 4 rings (SSSR count). The number of nitrogens with one attached hydrogen (secondary N) is 2. The molecule has 0 aliphatic rings. The number of carbonyl (C=O) groups is 2. The van der Waals surface area contributed by atoms with Crippen molar-refractivity contribution >= 4 is 23.2 Å². The van der Waals surface area contributed by atoms with Gasteiger partial charge in [0.1, 0.15) is 17.2 Å². The quantitative estimate of drug-likeness (QED) is 0.338. The number of para-hydroxylation sites is 2. The van der Waals surface area contributed by atoms with Crippen molar-refractivity contribution in [2.24, 2.45) is 0 Å². The van der Waals surface area contributed by atoms with E-state index in [-0.39, 0.29) is 18.2 Å². The van der Waals surface area contributed by atoms with Gasteiger partial charge in [0.2, 0.25) is 5.91 Å². The molecule has 0 fully saturated rings. The summed E-state index contributed by atoms with van der Waals surface area (Å²) in [6.45, 7) is 2.94. The molecule has 4 aromatic rings. The highest BCUT2D eigenvalue weighted by atomic mass is 16.5. The predicted octanol–water partition coefficient (Wildman–Crippen LogP) is 4.77. The van der Waals surface area contributed by atoms with Gasteiger partial charge in [0, 0.05) is 18.4 Å². The highest BCUT2D eigenvalue weighted by Crippen LogP contribution is 2.24. The molecule has 2 amide bonds. The number of imidazole rings is 1. The topological polar surface area (TPSA) is 94.5 Å². The van der Waals surface area contributed by atoms with E-state index < -0.39 is 0 Å². The number of hydrogen-bond acceptors (Lipinski definition) is 5. The monoisotopic (exact) mass is 484 g/mol. The highest BCUT2D eigenvalue weighted by Gasteiger charge is 2.13. The normalized spacial score (nSPS) is 10.5. The Kier molecular flexibility index (Phi) is 7.97. The number of hydrogen-bond donors (Lipinski definition) is 2. The number of nitrogens with zero attached hydrogens (tertiary/aromatic N) is 2. The molecule has 0 aliphatic carbocycles. The Morgan fingerprint density at radius 2 is 1.64 bits per heavy atom. The minimum absolute atomic E-state index is 0.0934. The van der Waals surface area contributed by atoms with Gasteiger partial charge in [0.05, 0.1) is 32.2 Å². The van der Waals surface area contributed by atoms with Crippen LogP contribution in [-0.2, 0) is 17.8 Å². The molecule has 0 spiro atoms. The lowest BCUT2D eigenvalue weighted by atomic mass is 10.1. The van der Waals surface area contributed by atoms with Crippen LogP contribution in [0.4, 0.5) is 11.4 Å². The van der Waals surface area contributed by atoms with Crippen LogP contribution in [0.25, 0.3) is 0 Å². The fourth-order valence-electron chi connectivity index (χ4n) is 3.64. The molecule has 0 saturated carbocycles. The minimum atomic E-state index is -0.309. The number of aromatic nitrogens is 2. The Hall–Kier alpha value is -4.59. The van der Waals surface area contributed by atoms with Gasteiger partial charge in [0.15, 0.2) is 0 Å². The Balaban J connectivity index is 1.31. The fraction of sp³-hybridized carbons (Fsp3) is 0.179. The summed E-state index contributed by atoms with van der Waals surface area (Å²) in [5.41, 5.74) is 3.55. The van der Waals surface area contributed by atoms with Crippen molar-refractivity contribution in [3.63, 3.8) is 0 Å². The van der Waals surface area contributed by atoms with Crippen LogP contribution in [0.2, 0.25) is 0 Å². The van der Waals surface area contributed by atoms with Gasteiger partial charge in [-0.25, -0.2) is 4.98 Å². The second kappa shape index (κ2) is 11.7. The van der Waals surface area contributed by atoms with Gasteiger partial charge in [-0.1, -0.05) is 36.4 Å². The fourth-order valence-corrected chi connectivity index (χ4v) is 3.64. The van der Waals surface area contributed by atoms with E-state index in [1.807, 2.05) is 78.2 Å². The van der Waals surface area contributed by atoms with Crippen molar-refractivity contribution in [3.8, 4) is 11.5 Å². The third-order valence-electron chi connectivity index (χ3n) is 5.43. The van der Waals surface area contributed by atoms with Crippen LogP contribution in [0, 0.1) is 0 Å². The van der Waals surface area contributed by atoms with Crippen LogP contribution in [0.5, 0.6) is 11.5 Å². The largest absolute Gasteiger partial charge is 0.497 e. The molecular formula is C28H28N4O4. The maximum absolute atomic E-state index is 12.7. The van der Waals surface area contributed by atoms with Crippen LogP contribution < -0.4 is 20.1 Å². The van der Waals surface area contributed by atoms with Crippen molar-refractivity contribution in [1.82, 2.24) is 9.55 Å². The number of methoxy groups -OCH3 is 1. The van der Waals surface area contributed by atoms with E-state index in [0.717, 1.165) is 22.6 Å². The van der Waals surface area contributed by atoms with Gasteiger partial charge in [-0.2, -0.15) is 0 Å². The zero-order chi connectivity index (χ0) is 25.3. The van der Waals surface area contributed by atoms with Gasteiger partial charge >= 0.3 is 0 Å². The molecule has 2 N–H and O–H groups in total. The smallest absolute Gasteiger partial charge is 0.275 e. The standard InChI is InChI=1S/C28H28N4O4/c1-3-36-26-7-5-4-6-24(26)31-28(34)25-18-32(19-29-25)17-21-8-12-22(13-9-21)30-27(33)16-20-10-14-23(35-2)15-11-20/h4-15,18-19H,3,16-17H2,1-2H3,(H,30,33)(H,31,34). The SMILES string of the molecule is CCOc1ccccc1NC(=O)c1cn(Cc2ccc(NC(=O)Cc3ccc(OC)cc3)cc2)cn1. The lowest BCUT2D eigenvalue weighted by Crippen LogP contribution is -2.14. The first-order chi connectivity index (χ1) is 17.5. The molecule has 0 aliphatic heterocycles. The molecule has 8 nitrogen and oxygen atoms in total. The van der Waals surface area contributed by atoms with E-state index in [1.54, 1.807) is 25.7 Å². The second-order valence-corrected chi connectivity index (χ2v) is 8.08. The number of carbonyl (C=O) groups excluding carboxylic acids is 2. The predicted molar refractivity (Wildman–Crippen MR) is 139 cm³/mol. The average Bonchev–Trinajstić information content (AvgIpc) is 3.36. The lowest BCUT2D eigenvalue weighted by Gasteiger charge is -2.10. The van der Waals surface area contributed by atoms with Crippen LogP contribution in [-0.4, -0.2) is 35.1 Å². The zero-order valence-corrected chi connectivity index (χ0v) is 20.2. The number of amides is 2. The average molecular weight is 485 g/mol. The van der Waals surface area contributed by atoms with Crippen molar-refractivity contribution in [3.05, 3.63) is 102 Å². The molecular weight excluding hydrogens is 456 g/mol. The van der Waals surface area contributed by atoms with Crippen molar-refractivity contribution in [2.45, 2.75) is 19.9 Å². The first kappa shape index (κ1) is 24.5. The summed E-state index contributed by atoms with van der Waals surface area (Å²) in [5.74, 6) is 0.969. The van der Waals surface area contributed by atoms with Gasteiger partial charge in [-0.3, -0.25) is 9.59 Å². The van der Waals surface area contributed by atoms with Gasteiger partial charge < -0.3 is 24.7 Å². The van der Waals surface area contributed by atoms with Gasteiger partial charge in [0.25, 0.3) is 5.91 Å². The molecule has 8 heteroatoms. The number of rotatable bonds is 10. The van der Waals surface area contributed by atoms with Crippen LogP contribution in [0.1, 0.15) is 28.5 Å². The Bertz CT molecular complexity index is 1310. The Labute approximate surface area is 209 Å². The first-order valence-corrected chi connectivity index (χ1v) is 11.6. The molecule has 184 valence electrons. The summed E-state index contributed by atoms with van der Waals surface area (Å²) in [6, 6.07) is 22.3. The molecule has 0 atom stereocenters. The van der Waals surface area contributed by atoms with Crippen LogP contribution in [0.15, 0.2) is 85.3 Å². The Morgan fingerprint density at radius 3 is 2.36 bits per heavy atom. The summed E-state index contributed by atoms with van der Waals surface area (Å²) >= 11 is 0. The molecule has 3 aromatic carbocycles. The van der Waals surface area contributed by atoms with E-state index >= 15 is 0 Å². The third kappa shape index (κ3) is 6.50. The maximum Gasteiger partial charge on any atom is 0.275 e. The molecule has 0 unspecified atom stereocenters. The van der Waals surface area contributed by atoms with E-state index in [1.165, 1.54) is 0 Å². The molecule has 0 bridgehead atoms. The second-order valence-electron chi connectivity index (χ2n) is 8.08. The van der Waals surface area contributed by atoms with Crippen molar-refractivity contribution < 1.29 is 19.1 Å². The first-order valence-electron chi connectivity index (χ1n) is 11.6. The minimum Gasteiger partial charge on any atom is -0.497 e. The van der Waals surface area contributed by atoms with Crippen molar-refractivity contribution in [2.75, 3.05) is 24.4 Å². The summed E-state index contributed by atoms with van der Waals surface area (Å²) < 4.78 is 12.5. The number of anilines is 2. The third-order valence-corrected chi connectivity index (χ3v) is 5.43. The summed E-state index contributed by atoms with van der Waals surface area (Å²) in [6.07, 6.45) is 3.59. The molecule has 1 heterocycles. The summed E-state index contributed by atoms with van der Waals surface area (Å²) in [4.78, 5) is 29.3. The van der Waals surface area contributed by atoms with Crippen LogP contribution in [0.3, 0.4) is 0 Å². The molecule has 1 aromatic heterocycles.